The molecule has 0 heterocycles. The largest absolute Gasteiger partial charge is 0.494 e. The summed E-state index contributed by atoms with van der Waals surface area (Å²) in [6, 6.07) is 13.0. The van der Waals surface area contributed by atoms with Crippen LogP contribution < -0.4 is 15.4 Å². The van der Waals surface area contributed by atoms with Gasteiger partial charge in [0.1, 0.15) is 5.75 Å². The number of anilines is 1. The van der Waals surface area contributed by atoms with Crippen LogP contribution in [0.5, 0.6) is 5.75 Å². The van der Waals surface area contributed by atoms with E-state index in [1.165, 1.54) is 11.8 Å². The Morgan fingerprint density at radius 3 is 2.50 bits per heavy atom. The summed E-state index contributed by atoms with van der Waals surface area (Å²) >= 11 is 4.86. The fourth-order valence-electron chi connectivity index (χ4n) is 2.15. The highest BCUT2D eigenvalue weighted by atomic mass is 79.9. The Labute approximate surface area is 166 Å². The fraction of sp³-hybridized carbons (Fsp3) is 0.263. The first kappa shape index (κ1) is 20.3. The summed E-state index contributed by atoms with van der Waals surface area (Å²) in [5, 5.41) is 5.36. The zero-order valence-corrected chi connectivity index (χ0v) is 17.1. The van der Waals surface area contributed by atoms with Gasteiger partial charge in [0, 0.05) is 15.1 Å². The maximum absolute atomic E-state index is 11.9. The predicted octanol–water partition coefficient (Wildman–Crippen LogP) is 4.00. The van der Waals surface area contributed by atoms with Crippen LogP contribution in [0, 0.1) is 6.92 Å². The van der Waals surface area contributed by atoms with Crippen molar-refractivity contribution in [3.05, 3.63) is 52.5 Å². The van der Waals surface area contributed by atoms with E-state index in [4.69, 9.17) is 4.74 Å². The van der Waals surface area contributed by atoms with Crippen molar-refractivity contribution < 1.29 is 14.3 Å². The van der Waals surface area contributed by atoms with E-state index in [1.807, 2.05) is 32.0 Å². The molecule has 2 rings (SSSR count). The van der Waals surface area contributed by atoms with E-state index in [0.717, 1.165) is 20.7 Å². The highest BCUT2D eigenvalue weighted by molar-refractivity contribution is 9.10. The van der Waals surface area contributed by atoms with Crippen LogP contribution in [0.25, 0.3) is 0 Å². The molecule has 0 spiro atoms. The number of benzene rings is 2. The molecule has 0 aromatic heterocycles. The molecule has 0 aliphatic rings. The fourth-order valence-corrected chi connectivity index (χ4v) is 3.47. The van der Waals surface area contributed by atoms with Crippen LogP contribution in [0.15, 0.2) is 51.8 Å². The Balaban J connectivity index is 1.73. The van der Waals surface area contributed by atoms with E-state index in [9.17, 15) is 9.59 Å². The van der Waals surface area contributed by atoms with Crippen molar-refractivity contribution in [1.82, 2.24) is 5.32 Å². The molecule has 0 saturated carbocycles. The normalized spacial score (nSPS) is 10.3. The maximum Gasteiger partial charge on any atom is 0.243 e. The van der Waals surface area contributed by atoms with Gasteiger partial charge in [0.25, 0.3) is 0 Å². The lowest BCUT2D eigenvalue weighted by Gasteiger charge is -2.09. The number of hydrogen-bond acceptors (Lipinski definition) is 4. The number of ether oxygens (including phenoxy) is 1. The second-order valence-electron chi connectivity index (χ2n) is 5.48. The average molecular weight is 437 g/mol. The molecule has 0 fully saturated rings. The molecule has 2 N–H and O–H groups in total. The highest BCUT2D eigenvalue weighted by Gasteiger charge is 2.08. The van der Waals surface area contributed by atoms with Gasteiger partial charge in [-0.3, -0.25) is 9.59 Å². The van der Waals surface area contributed by atoms with Gasteiger partial charge < -0.3 is 15.4 Å². The predicted molar refractivity (Wildman–Crippen MR) is 109 cm³/mol. The van der Waals surface area contributed by atoms with Crippen molar-refractivity contribution in [1.29, 1.82) is 0 Å². The third-order valence-corrected chi connectivity index (χ3v) is 5.06. The standard InChI is InChI=1S/C19H21BrN2O3S/c1-3-25-16-7-5-15(6-8-16)22-18(23)11-21-19(24)12-26-17-9-4-14(20)10-13(17)2/h4-10H,3,11-12H2,1-2H3,(H,21,24)(H,22,23). The second kappa shape index (κ2) is 10.2. The van der Waals surface area contributed by atoms with Gasteiger partial charge in [0.15, 0.2) is 0 Å². The number of nitrogens with one attached hydrogen (secondary N) is 2. The minimum absolute atomic E-state index is 0.0636. The number of carbonyl (C=O) groups is 2. The van der Waals surface area contributed by atoms with E-state index in [0.29, 0.717) is 12.3 Å². The van der Waals surface area contributed by atoms with Gasteiger partial charge in [-0.1, -0.05) is 15.9 Å². The van der Waals surface area contributed by atoms with E-state index in [2.05, 4.69) is 26.6 Å². The van der Waals surface area contributed by atoms with Crippen LogP contribution in [0.4, 0.5) is 5.69 Å². The van der Waals surface area contributed by atoms with Gasteiger partial charge in [-0.2, -0.15) is 0 Å². The molecule has 5 nitrogen and oxygen atoms in total. The maximum atomic E-state index is 11.9. The van der Waals surface area contributed by atoms with Crippen molar-refractivity contribution in [3.63, 3.8) is 0 Å². The van der Waals surface area contributed by atoms with Gasteiger partial charge in [0.2, 0.25) is 11.8 Å². The lowest BCUT2D eigenvalue weighted by atomic mass is 10.2. The Morgan fingerprint density at radius 1 is 1.12 bits per heavy atom. The van der Waals surface area contributed by atoms with Crippen LogP contribution in [0.1, 0.15) is 12.5 Å². The van der Waals surface area contributed by atoms with E-state index >= 15 is 0 Å². The molecule has 0 bridgehead atoms. The highest BCUT2D eigenvalue weighted by Crippen LogP contribution is 2.25. The van der Waals surface area contributed by atoms with Gasteiger partial charge in [-0.15, -0.1) is 11.8 Å². The summed E-state index contributed by atoms with van der Waals surface area (Å²) < 4.78 is 6.36. The molecule has 138 valence electrons. The van der Waals surface area contributed by atoms with Gasteiger partial charge in [-0.05, 0) is 61.9 Å². The number of carbonyl (C=O) groups excluding carboxylic acids is 2. The molecule has 0 radical (unpaired) electrons. The summed E-state index contributed by atoms with van der Waals surface area (Å²) in [5.74, 6) is 0.560. The summed E-state index contributed by atoms with van der Waals surface area (Å²) in [7, 11) is 0. The molecule has 7 heteroatoms. The average Bonchev–Trinajstić information content (AvgIpc) is 2.61. The van der Waals surface area contributed by atoms with Crippen LogP contribution in [-0.4, -0.2) is 30.7 Å². The van der Waals surface area contributed by atoms with Crippen LogP contribution in [0.3, 0.4) is 0 Å². The zero-order chi connectivity index (χ0) is 18.9. The lowest BCUT2D eigenvalue weighted by molar-refractivity contribution is -0.122. The Morgan fingerprint density at radius 2 is 1.85 bits per heavy atom. The first-order chi connectivity index (χ1) is 12.5. The van der Waals surface area contributed by atoms with Crippen molar-refractivity contribution >= 4 is 45.2 Å². The van der Waals surface area contributed by atoms with Crippen molar-refractivity contribution in [2.45, 2.75) is 18.7 Å². The van der Waals surface area contributed by atoms with E-state index in [-0.39, 0.29) is 24.1 Å². The Kier molecular flexibility index (Phi) is 8.00. The van der Waals surface area contributed by atoms with Crippen molar-refractivity contribution in [2.75, 3.05) is 24.2 Å². The van der Waals surface area contributed by atoms with Crippen molar-refractivity contribution in [2.24, 2.45) is 0 Å². The number of hydrogen-bond donors (Lipinski definition) is 2. The number of amides is 2. The third kappa shape index (κ3) is 6.72. The molecule has 2 aromatic rings. The minimum atomic E-state index is -0.271. The summed E-state index contributed by atoms with van der Waals surface area (Å²) in [5.41, 5.74) is 1.76. The molecule has 0 atom stereocenters. The summed E-state index contributed by atoms with van der Waals surface area (Å²) in [6.07, 6.45) is 0. The lowest BCUT2D eigenvalue weighted by Crippen LogP contribution is -2.33. The van der Waals surface area contributed by atoms with E-state index in [1.54, 1.807) is 24.3 Å². The van der Waals surface area contributed by atoms with Gasteiger partial charge >= 0.3 is 0 Å². The first-order valence-corrected chi connectivity index (χ1v) is 9.94. The molecule has 2 aromatic carbocycles. The van der Waals surface area contributed by atoms with Gasteiger partial charge in [0.05, 0.1) is 18.9 Å². The van der Waals surface area contributed by atoms with Crippen molar-refractivity contribution in [3.8, 4) is 5.75 Å². The SMILES string of the molecule is CCOc1ccc(NC(=O)CNC(=O)CSc2ccc(Br)cc2C)cc1. The van der Waals surface area contributed by atoms with E-state index < -0.39 is 0 Å². The Hall–Kier alpha value is -1.99. The number of thioether (sulfide) groups is 1. The minimum Gasteiger partial charge on any atom is -0.494 e. The summed E-state index contributed by atoms with van der Waals surface area (Å²) in [4.78, 5) is 24.9. The topological polar surface area (TPSA) is 67.4 Å². The molecule has 0 aliphatic carbocycles. The monoisotopic (exact) mass is 436 g/mol. The molecular formula is C19H21BrN2O3S. The summed E-state index contributed by atoms with van der Waals surface area (Å²) in [6.45, 7) is 4.44. The molecule has 0 saturated heterocycles. The molecular weight excluding hydrogens is 416 g/mol. The number of rotatable bonds is 8. The second-order valence-corrected chi connectivity index (χ2v) is 7.41. The quantitative estimate of drug-likeness (QED) is 0.613. The zero-order valence-electron chi connectivity index (χ0n) is 14.7. The smallest absolute Gasteiger partial charge is 0.243 e. The molecule has 0 aliphatic heterocycles. The van der Waals surface area contributed by atoms with Crippen LogP contribution in [0.2, 0.25) is 0 Å². The van der Waals surface area contributed by atoms with Gasteiger partial charge in [-0.25, -0.2) is 0 Å². The molecule has 26 heavy (non-hydrogen) atoms. The molecule has 0 unspecified atom stereocenters. The molecule has 2 amide bonds. The number of halogens is 1. The Bertz CT molecular complexity index is 766. The van der Waals surface area contributed by atoms with Crippen LogP contribution in [-0.2, 0) is 9.59 Å². The van der Waals surface area contributed by atoms with Crippen LogP contribution >= 0.6 is 27.7 Å². The number of aryl methyl sites for hydroxylation is 1. The first-order valence-electron chi connectivity index (χ1n) is 8.16. The third-order valence-electron chi connectivity index (χ3n) is 3.39.